The van der Waals surface area contributed by atoms with E-state index in [2.05, 4.69) is 28.5 Å². The smallest absolute Gasteiger partial charge is 0.270 e. The summed E-state index contributed by atoms with van der Waals surface area (Å²) in [5.41, 5.74) is 3.19. The minimum Gasteiger partial charge on any atom is -0.357 e. The van der Waals surface area contributed by atoms with Crippen LogP contribution >= 0.6 is 0 Å². The summed E-state index contributed by atoms with van der Waals surface area (Å²) in [4.78, 5) is 30.5. The molecular formula is C23H27N3O2. The molecule has 3 aliphatic rings. The van der Waals surface area contributed by atoms with Crippen LogP contribution in [0.4, 0.5) is 0 Å². The molecule has 5 heteroatoms. The first-order valence-electron chi connectivity index (χ1n) is 10.5. The third kappa shape index (κ3) is 3.03. The molecule has 1 saturated carbocycles. The van der Waals surface area contributed by atoms with Crippen molar-refractivity contribution in [3.8, 4) is 0 Å². The molecule has 0 unspecified atom stereocenters. The molecule has 2 amide bonds. The lowest BCUT2D eigenvalue weighted by Gasteiger charge is -2.40. The molecule has 1 atom stereocenters. The van der Waals surface area contributed by atoms with Crippen LogP contribution in [0.1, 0.15) is 59.6 Å². The van der Waals surface area contributed by atoms with Crippen molar-refractivity contribution in [1.82, 2.24) is 15.2 Å². The van der Waals surface area contributed by atoms with E-state index in [0.717, 1.165) is 38.9 Å². The Balaban J connectivity index is 1.32. The Labute approximate surface area is 165 Å². The van der Waals surface area contributed by atoms with Crippen LogP contribution in [-0.4, -0.2) is 41.3 Å². The van der Waals surface area contributed by atoms with Crippen LogP contribution in [0.3, 0.4) is 0 Å². The molecule has 5 nitrogen and oxygen atoms in total. The molecule has 2 aromatic rings. The highest BCUT2D eigenvalue weighted by Gasteiger charge is 2.48. The SMILES string of the molecule is O=C(NCC1CC1)[C@H]1CC2(CCN(C(=O)c3ccc[nH]3)CC2)c2ccccc21. The molecule has 1 spiro atoms. The molecule has 1 aliphatic heterocycles. The average molecular weight is 377 g/mol. The average Bonchev–Trinajstić information content (AvgIpc) is 3.29. The predicted octanol–water partition coefficient (Wildman–Crippen LogP) is 3.20. The number of nitrogens with one attached hydrogen (secondary N) is 2. The molecule has 0 radical (unpaired) electrons. The van der Waals surface area contributed by atoms with Crippen LogP contribution in [0, 0.1) is 5.92 Å². The van der Waals surface area contributed by atoms with Gasteiger partial charge < -0.3 is 15.2 Å². The maximum atomic E-state index is 12.9. The number of carbonyl (C=O) groups excluding carboxylic acids is 2. The Morgan fingerprint density at radius 2 is 1.89 bits per heavy atom. The van der Waals surface area contributed by atoms with Crippen molar-refractivity contribution in [2.75, 3.05) is 19.6 Å². The summed E-state index contributed by atoms with van der Waals surface area (Å²) < 4.78 is 0. The number of amides is 2. The number of aromatic nitrogens is 1. The molecule has 1 aromatic carbocycles. The first-order valence-corrected chi connectivity index (χ1v) is 10.5. The van der Waals surface area contributed by atoms with Gasteiger partial charge in [0.2, 0.25) is 5.91 Å². The highest BCUT2D eigenvalue weighted by molar-refractivity contribution is 5.92. The van der Waals surface area contributed by atoms with Crippen LogP contribution < -0.4 is 5.32 Å². The summed E-state index contributed by atoms with van der Waals surface area (Å²) in [6.45, 7) is 2.30. The number of nitrogens with zero attached hydrogens (tertiary/aromatic N) is 1. The van der Waals surface area contributed by atoms with E-state index in [0.29, 0.717) is 11.6 Å². The Kier molecular flexibility index (Phi) is 4.26. The second-order valence-corrected chi connectivity index (χ2v) is 8.69. The topological polar surface area (TPSA) is 65.2 Å². The van der Waals surface area contributed by atoms with Gasteiger partial charge in [-0.2, -0.15) is 0 Å². The minimum absolute atomic E-state index is 0.0185. The molecule has 2 heterocycles. The van der Waals surface area contributed by atoms with Gasteiger partial charge in [-0.1, -0.05) is 24.3 Å². The number of aromatic amines is 1. The van der Waals surface area contributed by atoms with Gasteiger partial charge >= 0.3 is 0 Å². The van der Waals surface area contributed by atoms with E-state index < -0.39 is 0 Å². The van der Waals surface area contributed by atoms with Gasteiger partial charge in [-0.3, -0.25) is 9.59 Å². The van der Waals surface area contributed by atoms with Crippen molar-refractivity contribution < 1.29 is 9.59 Å². The van der Waals surface area contributed by atoms with Gasteiger partial charge in [-0.15, -0.1) is 0 Å². The van der Waals surface area contributed by atoms with Crippen LogP contribution in [0.2, 0.25) is 0 Å². The van der Waals surface area contributed by atoms with Gasteiger partial charge in [0.05, 0.1) is 5.92 Å². The lowest BCUT2D eigenvalue weighted by atomic mass is 9.73. The quantitative estimate of drug-likeness (QED) is 0.859. The number of likely N-dealkylation sites (tertiary alicyclic amines) is 1. The monoisotopic (exact) mass is 377 g/mol. The van der Waals surface area contributed by atoms with Crippen molar-refractivity contribution in [2.45, 2.75) is 43.4 Å². The van der Waals surface area contributed by atoms with E-state index in [1.807, 2.05) is 23.1 Å². The maximum Gasteiger partial charge on any atom is 0.270 e. The highest BCUT2D eigenvalue weighted by atomic mass is 16.2. The third-order valence-electron chi connectivity index (χ3n) is 6.92. The fourth-order valence-corrected chi connectivity index (χ4v) is 5.06. The zero-order chi connectivity index (χ0) is 19.1. The molecule has 5 rings (SSSR count). The number of hydrogen-bond acceptors (Lipinski definition) is 2. The summed E-state index contributed by atoms with van der Waals surface area (Å²) >= 11 is 0. The number of hydrogen-bond donors (Lipinski definition) is 2. The molecular weight excluding hydrogens is 350 g/mol. The van der Waals surface area contributed by atoms with E-state index in [9.17, 15) is 9.59 Å². The van der Waals surface area contributed by atoms with Gasteiger partial charge in [0.25, 0.3) is 5.91 Å². The van der Waals surface area contributed by atoms with Gasteiger partial charge in [-0.05, 0) is 61.3 Å². The highest BCUT2D eigenvalue weighted by Crippen LogP contribution is 2.51. The molecule has 1 aromatic heterocycles. The van der Waals surface area contributed by atoms with Gasteiger partial charge in [-0.25, -0.2) is 0 Å². The normalized spacial score (nSPS) is 22.9. The zero-order valence-electron chi connectivity index (χ0n) is 16.1. The van der Waals surface area contributed by atoms with Crippen LogP contribution in [0.25, 0.3) is 0 Å². The molecule has 2 aliphatic carbocycles. The lowest BCUT2D eigenvalue weighted by molar-refractivity contribution is -0.122. The Morgan fingerprint density at radius 1 is 1.11 bits per heavy atom. The van der Waals surface area contributed by atoms with Gasteiger partial charge in [0.15, 0.2) is 0 Å². The minimum atomic E-state index is -0.0550. The Bertz CT molecular complexity index is 877. The van der Waals surface area contributed by atoms with Crippen molar-refractivity contribution in [2.24, 2.45) is 5.92 Å². The van der Waals surface area contributed by atoms with Crippen molar-refractivity contribution >= 4 is 11.8 Å². The largest absolute Gasteiger partial charge is 0.357 e. The first kappa shape index (κ1) is 17.5. The third-order valence-corrected chi connectivity index (χ3v) is 6.92. The molecule has 1 saturated heterocycles. The molecule has 2 fully saturated rings. The van der Waals surface area contributed by atoms with E-state index in [-0.39, 0.29) is 23.1 Å². The second-order valence-electron chi connectivity index (χ2n) is 8.69. The molecule has 28 heavy (non-hydrogen) atoms. The lowest BCUT2D eigenvalue weighted by Crippen LogP contribution is -2.44. The number of benzene rings is 1. The summed E-state index contributed by atoms with van der Waals surface area (Å²) in [7, 11) is 0. The number of carbonyl (C=O) groups is 2. The van der Waals surface area contributed by atoms with E-state index in [1.165, 1.54) is 24.0 Å². The molecule has 0 bridgehead atoms. The Hall–Kier alpha value is -2.56. The van der Waals surface area contributed by atoms with Crippen LogP contribution in [0.15, 0.2) is 42.6 Å². The summed E-state index contributed by atoms with van der Waals surface area (Å²) in [5, 5.41) is 3.19. The van der Waals surface area contributed by atoms with Gasteiger partial charge in [0, 0.05) is 31.2 Å². The van der Waals surface area contributed by atoms with Crippen LogP contribution in [0.5, 0.6) is 0 Å². The zero-order valence-corrected chi connectivity index (χ0v) is 16.1. The first-order chi connectivity index (χ1) is 13.7. The molecule has 2 N–H and O–H groups in total. The second kappa shape index (κ2) is 6.80. The van der Waals surface area contributed by atoms with Crippen LogP contribution in [-0.2, 0) is 10.2 Å². The van der Waals surface area contributed by atoms with Crippen molar-refractivity contribution in [1.29, 1.82) is 0 Å². The number of H-pyrrole nitrogens is 1. The summed E-state index contributed by atoms with van der Waals surface area (Å²) in [5.74, 6) is 0.892. The van der Waals surface area contributed by atoms with E-state index in [1.54, 1.807) is 6.20 Å². The van der Waals surface area contributed by atoms with Crippen molar-refractivity contribution in [3.05, 3.63) is 59.4 Å². The van der Waals surface area contributed by atoms with E-state index in [4.69, 9.17) is 0 Å². The fraction of sp³-hybridized carbons (Fsp3) is 0.478. The standard InChI is InChI=1S/C23H27N3O2/c27-21(25-15-16-7-8-16)18-14-23(19-5-2-1-4-17(18)19)9-12-26(13-10-23)22(28)20-6-3-11-24-20/h1-6,11,16,18,24H,7-10,12-15H2,(H,25,27)/t18-/m0/s1. The number of rotatable bonds is 4. The van der Waals surface area contributed by atoms with E-state index >= 15 is 0 Å². The summed E-state index contributed by atoms with van der Waals surface area (Å²) in [6.07, 6.45) is 6.99. The van der Waals surface area contributed by atoms with Gasteiger partial charge in [0.1, 0.15) is 5.69 Å². The predicted molar refractivity (Wildman–Crippen MR) is 107 cm³/mol. The molecule has 146 valence electrons. The van der Waals surface area contributed by atoms with Crippen molar-refractivity contribution in [3.63, 3.8) is 0 Å². The number of piperidine rings is 1. The fourth-order valence-electron chi connectivity index (χ4n) is 5.06. The maximum absolute atomic E-state index is 12.9. The number of fused-ring (bicyclic) bond motifs is 2. The Morgan fingerprint density at radius 3 is 2.61 bits per heavy atom. The summed E-state index contributed by atoms with van der Waals surface area (Å²) in [6, 6.07) is 12.1.